The number of anilines is 1. The van der Waals surface area contributed by atoms with Crippen molar-refractivity contribution in [3.8, 4) is 11.5 Å². The van der Waals surface area contributed by atoms with Gasteiger partial charge in [-0.2, -0.15) is 0 Å². The lowest BCUT2D eigenvalue weighted by Crippen LogP contribution is -2.34. The lowest BCUT2D eigenvalue weighted by Gasteiger charge is -2.09. The van der Waals surface area contributed by atoms with Crippen LogP contribution in [0.25, 0.3) is 0 Å². The Hall–Kier alpha value is -2.87. The molecule has 1 aromatic heterocycles. The molecule has 0 aliphatic carbocycles. The van der Waals surface area contributed by atoms with Crippen LogP contribution in [-0.4, -0.2) is 37.8 Å². The predicted molar refractivity (Wildman–Crippen MR) is 85.6 cm³/mol. The average Bonchev–Trinajstić information content (AvgIpc) is 2.59. The van der Waals surface area contributed by atoms with Gasteiger partial charge in [0.15, 0.2) is 11.5 Å². The minimum atomic E-state index is -0.417. The van der Waals surface area contributed by atoms with Crippen LogP contribution < -0.4 is 19.4 Å². The maximum Gasteiger partial charge on any atom is 0.391 e. The molecule has 0 spiro atoms. The third-order valence-corrected chi connectivity index (χ3v) is 3.31. The monoisotopic (exact) mass is 335 g/mol. The molecular formula is C16H21N3O5. The van der Waals surface area contributed by atoms with E-state index in [4.69, 9.17) is 9.47 Å². The fourth-order valence-electron chi connectivity index (χ4n) is 2.09. The molecule has 0 aliphatic rings. The van der Waals surface area contributed by atoms with E-state index in [0.717, 1.165) is 5.56 Å². The third kappa shape index (κ3) is 4.32. The summed E-state index contributed by atoms with van der Waals surface area (Å²) >= 11 is 0. The fourth-order valence-corrected chi connectivity index (χ4v) is 2.09. The van der Waals surface area contributed by atoms with Gasteiger partial charge in [0.1, 0.15) is 11.8 Å². The Kier molecular flexibility index (Phi) is 6.94. The largest absolute Gasteiger partial charge is 0.870 e. The molecule has 2 N–H and O–H groups in total. The quantitative estimate of drug-likeness (QED) is 0.623. The Bertz CT molecular complexity index is 706. The van der Waals surface area contributed by atoms with E-state index in [2.05, 4.69) is 15.0 Å². The van der Waals surface area contributed by atoms with Crippen molar-refractivity contribution in [2.24, 2.45) is 7.05 Å². The van der Waals surface area contributed by atoms with E-state index in [1.54, 1.807) is 32.0 Å². The molecule has 0 bridgehead atoms. The molecule has 0 fully saturated rings. The fraction of sp³-hybridized carbons (Fsp3) is 0.312. The third-order valence-electron chi connectivity index (χ3n) is 3.31. The lowest BCUT2D eigenvalue weighted by molar-refractivity contribution is -0.660. The number of methoxy groups -OCH3 is 3. The summed E-state index contributed by atoms with van der Waals surface area (Å²) in [7, 11) is 6.34. The van der Waals surface area contributed by atoms with Gasteiger partial charge in [0.05, 0.1) is 41.1 Å². The number of nitrogens with one attached hydrogen (secondary N) is 1. The zero-order valence-corrected chi connectivity index (χ0v) is 14.1. The second-order valence-corrected chi connectivity index (χ2v) is 4.81. The molecule has 0 atom stereocenters. The summed E-state index contributed by atoms with van der Waals surface area (Å²) in [6, 6.07) is 5.69. The molecule has 0 aliphatic heterocycles. The Morgan fingerprint density at radius 3 is 2.50 bits per heavy atom. The van der Waals surface area contributed by atoms with Crippen molar-refractivity contribution in [1.29, 1.82) is 0 Å². The molecule has 0 saturated carbocycles. The molecule has 2 rings (SSSR count). The zero-order chi connectivity index (χ0) is 16.8. The van der Waals surface area contributed by atoms with Gasteiger partial charge < -0.3 is 19.7 Å². The maximum absolute atomic E-state index is 11.5. The van der Waals surface area contributed by atoms with Crippen LogP contribution in [-0.2, 0) is 18.3 Å². The Morgan fingerprint density at radius 2 is 1.92 bits per heavy atom. The number of rotatable bonds is 6. The van der Waals surface area contributed by atoms with Gasteiger partial charge in [0, 0.05) is 0 Å². The van der Waals surface area contributed by atoms with Crippen molar-refractivity contribution in [2.45, 2.75) is 6.54 Å². The van der Waals surface area contributed by atoms with Crippen molar-refractivity contribution in [1.82, 2.24) is 4.98 Å². The van der Waals surface area contributed by atoms with Gasteiger partial charge in [-0.3, -0.25) is 5.32 Å². The van der Waals surface area contributed by atoms with Gasteiger partial charge >= 0.3 is 11.9 Å². The first-order valence-corrected chi connectivity index (χ1v) is 6.97. The highest BCUT2D eigenvalue weighted by atomic mass is 16.5. The molecule has 130 valence electrons. The van der Waals surface area contributed by atoms with Crippen LogP contribution in [0, 0.1) is 0 Å². The molecule has 1 heterocycles. The predicted octanol–water partition coefficient (Wildman–Crippen LogP) is 1.15. The summed E-state index contributed by atoms with van der Waals surface area (Å²) < 4.78 is 16.9. The van der Waals surface area contributed by atoms with E-state index in [-0.39, 0.29) is 5.48 Å². The normalized spacial score (nSPS) is 9.67. The Labute approximate surface area is 140 Å². The lowest BCUT2D eigenvalue weighted by atomic mass is 10.2. The number of hydrogen-bond donors (Lipinski definition) is 1. The number of benzene rings is 1. The smallest absolute Gasteiger partial charge is 0.391 e. The highest BCUT2D eigenvalue weighted by Crippen LogP contribution is 2.27. The molecule has 24 heavy (non-hydrogen) atoms. The van der Waals surface area contributed by atoms with Crippen LogP contribution in [0.5, 0.6) is 11.5 Å². The van der Waals surface area contributed by atoms with Crippen LogP contribution in [0.3, 0.4) is 0 Å². The van der Waals surface area contributed by atoms with Gasteiger partial charge in [-0.25, -0.2) is 9.36 Å². The standard InChI is InChI=1S/C16H19N3O4.H2O/c1-19-10-12(15(20)23-4)9-18-16(19)17-8-11-5-6-13(21-2)14(7-11)22-3;/h5-7,9-10H,8H2,1-4H3;1H2. The number of aryl methyl sites for hydroxylation is 1. The first-order valence-electron chi connectivity index (χ1n) is 6.97. The first-order chi connectivity index (χ1) is 11.1. The van der Waals surface area contributed by atoms with E-state index in [1.807, 2.05) is 18.2 Å². The van der Waals surface area contributed by atoms with Crippen LogP contribution in [0.4, 0.5) is 5.95 Å². The van der Waals surface area contributed by atoms with Gasteiger partial charge in [-0.1, -0.05) is 11.1 Å². The van der Waals surface area contributed by atoms with Gasteiger partial charge in [-0.15, -0.1) is 0 Å². The molecule has 0 amide bonds. The number of nitrogens with zero attached hydrogens (tertiary/aromatic N) is 2. The number of carbonyl (C=O) groups excluding carboxylic acids is 1. The summed E-state index contributed by atoms with van der Waals surface area (Å²) in [5.41, 5.74) is 1.41. The molecule has 0 saturated heterocycles. The number of aromatic nitrogens is 2. The van der Waals surface area contributed by atoms with E-state index in [0.29, 0.717) is 29.6 Å². The van der Waals surface area contributed by atoms with Gasteiger partial charge in [0.2, 0.25) is 0 Å². The SMILES string of the molecule is COC(=O)c1cnc(NCc2ccc(OC)c(OC)c2)[n+](C)c1.[OH-]. The highest BCUT2D eigenvalue weighted by Gasteiger charge is 2.14. The average molecular weight is 335 g/mol. The second-order valence-electron chi connectivity index (χ2n) is 4.81. The minimum absolute atomic E-state index is 0. The summed E-state index contributed by atoms with van der Waals surface area (Å²) in [6.07, 6.45) is 3.14. The minimum Gasteiger partial charge on any atom is -0.870 e. The first kappa shape index (κ1) is 19.2. The number of esters is 1. The number of hydrogen-bond acceptors (Lipinski definition) is 7. The highest BCUT2D eigenvalue weighted by molar-refractivity contribution is 5.88. The number of carbonyl (C=O) groups is 1. The van der Waals surface area contributed by atoms with Crippen LogP contribution >= 0.6 is 0 Å². The molecule has 8 heteroatoms. The summed E-state index contributed by atoms with van der Waals surface area (Å²) in [4.78, 5) is 15.7. The molecule has 1 aromatic carbocycles. The molecular weight excluding hydrogens is 314 g/mol. The molecule has 8 nitrogen and oxygen atoms in total. The van der Waals surface area contributed by atoms with E-state index >= 15 is 0 Å². The van der Waals surface area contributed by atoms with Gasteiger partial charge in [-0.05, 0) is 17.7 Å². The van der Waals surface area contributed by atoms with Gasteiger partial charge in [0.25, 0.3) is 0 Å². The van der Waals surface area contributed by atoms with Crippen LogP contribution in [0.15, 0.2) is 30.6 Å². The summed E-state index contributed by atoms with van der Waals surface area (Å²) in [6.45, 7) is 0.554. The zero-order valence-electron chi connectivity index (χ0n) is 14.1. The van der Waals surface area contributed by atoms with Crippen molar-refractivity contribution in [2.75, 3.05) is 26.6 Å². The van der Waals surface area contributed by atoms with E-state index in [9.17, 15) is 4.79 Å². The molecule has 0 radical (unpaired) electrons. The Balaban J connectivity index is 0.00000288. The van der Waals surface area contributed by atoms with Crippen molar-refractivity contribution in [3.05, 3.63) is 41.7 Å². The van der Waals surface area contributed by atoms with Crippen molar-refractivity contribution in [3.63, 3.8) is 0 Å². The second kappa shape index (κ2) is 8.68. The van der Waals surface area contributed by atoms with Crippen LogP contribution in [0.1, 0.15) is 15.9 Å². The van der Waals surface area contributed by atoms with E-state index < -0.39 is 5.97 Å². The summed E-state index contributed by atoms with van der Waals surface area (Å²) in [5.74, 6) is 1.57. The molecule has 2 aromatic rings. The van der Waals surface area contributed by atoms with Crippen molar-refractivity contribution < 1.29 is 29.0 Å². The summed E-state index contributed by atoms with van der Waals surface area (Å²) in [5, 5.41) is 3.21. The van der Waals surface area contributed by atoms with Crippen molar-refractivity contribution >= 4 is 11.9 Å². The van der Waals surface area contributed by atoms with E-state index in [1.165, 1.54) is 13.3 Å². The van der Waals surface area contributed by atoms with Crippen LogP contribution in [0.2, 0.25) is 0 Å². The number of ether oxygens (including phenoxy) is 3. The maximum atomic E-state index is 11.5. The topological polar surface area (TPSA) is 104 Å². The molecule has 0 unspecified atom stereocenters. The Morgan fingerprint density at radius 1 is 1.21 bits per heavy atom.